The lowest BCUT2D eigenvalue weighted by molar-refractivity contribution is 0.0846. The summed E-state index contributed by atoms with van der Waals surface area (Å²) in [4.78, 5) is 22.5. The van der Waals surface area contributed by atoms with Gasteiger partial charge in [0, 0.05) is 29.3 Å². The van der Waals surface area contributed by atoms with Crippen LogP contribution in [-0.4, -0.2) is 32.4 Å². The topological polar surface area (TPSA) is 69.2 Å². The van der Waals surface area contributed by atoms with Gasteiger partial charge in [-0.1, -0.05) is 18.2 Å². The van der Waals surface area contributed by atoms with Crippen molar-refractivity contribution in [3.63, 3.8) is 0 Å². The van der Waals surface area contributed by atoms with Crippen molar-refractivity contribution in [1.29, 1.82) is 0 Å². The first-order chi connectivity index (χ1) is 11.7. The maximum absolute atomic E-state index is 12.7. The Morgan fingerprint density at radius 1 is 1.12 bits per heavy atom. The SMILES string of the molecule is O=C1c2ccccc2C2=C(c3nc4ccc(O)cc4[nH]3)CCCN12. The Morgan fingerprint density at radius 3 is 2.83 bits per heavy atom. The molecule has 0 bridgehead atoms. The number of aromatic amines is 1. The molecule has 118 valence electrons. The first-order valence-electron chi connectivity index (χ1n) is 8.06. The zero-order valence-corrected chi connectivity index (χ0v) is 12.9. The number of amides is 1. The van der Waals surface area contributed by atoms with Crippen molar-refractivity contribution in [2.45, 2.75) is 12.8 Å². The number of rotatable bonds is 1. The zero-order chi connectivity index (χ0) is 16.3. The maximum Gasteiger partial charge on any atom is 0.258 e. The summed E-state index contributed by atoms with van der Waals surface area (Å²) in [6.45, 7) is 0.743. The molecular weight excluding hydrogens is 302 g/mol. The smallest absolute Gasteiger partial charge is 0.258 e. The molecule has 2 aromatic carbocycles. The number of imidazole rings is 1. The van der Waals surface area contributed by atoms with Gasteiger partial charge in [-0.3, -0.25) is 4.79 Å². The summed E-state index contributed by atoms with van der Waals surface area (Å²) >= 11 is 0. The van der Waals surface area contributed by atoms with E-state index in [0.29, 0.717) is 0 Å². The van der Waals surface area contributed by atoms with Crippen molar-refractivity contribution in [1.82, 2.24) is 14.9 Å². The molecule has 1 amide bonds. The normalized spacial score (nSPS) is 16.7. The number of benzene rings is 2. The Kier molecular flexibility index (Phi) is 2.62. The molecule has 0 radical (unpaired) electrons. The standard InChI is InChI=1S/C19H15N3O2/c23-11-7-8-15-16(10-11)21-18(20-15)14-6-3-9-22-17(14)12-4-1-2-5-13(12)19(22)24/h1-2,4-5,7-8,10,23H,3,6,9H2,(H,20,21). The van der Waals surface area contributed by atoms with Gasteiger partial charge in [-0.25, -0.2) is 4.98 Å². The molecule has 0 spiro atoms. The lowest BCUT2D eigenvalue weighted by Crippen LogP contribution is -2.28. The van der Waals surface area contributed by atoms with Crippen LogP contribution in [-0.2, 0) is 0 Å². The molecule has 3 aromatic rings. The van der Waals surface area contributed by atoms with Gasteiger partial charge in [0.1, 0.15) is 11.6 Å². The van der Waals surface area contributed by atoms with Gasteiger partial charge in [0.05, 0.1) is 16.7 Å². The summed E-state index contributed by atoms with van der Waals surface area (Å²) in [5.74, 6) is 1.06. The van der Waals surface area contributed by atoms with Gasteiger partial charge in [-0.15, -0.1) is 0 Å². The van der Waals surface area contributed by atoms with Crippen molar-refractivity contribution < 1.29 is 9.90 Å². The molecule has 2 aliphatic rings. The number of nitrogens with zero attached hydrogens (tertiary/aromatic N) is 2. The Balaban J connectivity index is 1.76. The second-order valence-electron chi connectivity index (χ2n) is 6.22. The van der Waals surface area contributed by atoms with Crippen molar-refractivity contribution in [3.05, 3.63) is 59.4 Å². The van der Waals surface area contributed by atoms with Crippen LogP contribution in [0.15, 0.2) is 42.5 Å². The minimum absolute atomic E-state index is 0.0755. The average Bonchev–Trinajstić information content (AvgIpc) is 3.15. The van der Waals surface area contributed by atoms with Crippen molar-refractivity contribution >= 4 is 28.2 Å². The summed E-state index contributed by atoms with van der Waals surface area (Å²) < 4.78 is 0. The summed E-state index contributed by atoms with van der Waals surface area (Å²) in [5.41, 5.74) is 5.40. The highest BCUT2D eigenvalue weighted by atomic mass is 16.3. The molecule has 5 heteroatoms. The molecule has 3 heterocycles. The summed E-state index contributed by atoms with van der Waals surface area (Å²) in [5, 5.41) is 9.65. The number of hydrogen-bond acceptors (Lipinski definition) is 3. The van der Waals surface area contributed by atoms with Crippen LogP contribution in [0.1, 0.15) is 34.6 Å². The van der Waals surface area contributed by atoms with Crippen molar-refractivity contribution in [3.8, 4) is 5.75 Å². The number of nitrogens with one attached hydrogen (secondary N) is 1. The van der Waals surface area contributed by atoms with Gasteiger partial charge in [0.2, 0.25) is 0 Å². The molecule has 5 rings (SSSR count). The molecule has 0 aliphatic carbocycles. The van der Waals surface area contributed by atoms with E-state index in [2.05, 4.69) is 9.97 Å². The molecule has 24 heavy (non-hydrogen) atoms. The van der Waals surface area contributed by atoms with Gasteiger partial charge in [0.25, 0.3) is 5.91 Å². The molecule has 2 N–H and O–H groups in total. The predicted octanol–water partition coefficient (Wildman–Crippen LogP) is 3.39. The van der Waals surface area contributed by atoms with Gasteiger partial charge in [-0.2, -0.15) is 0 Å². The second kappa shape index (κ2) is 4.71. The van der Waals surface area contributed by atoms with Crippen LogP contribution in [0.3, 0.4) is 0 Å². The second-order valence-corrected chi connectivity index (χ2v) is 6.22. The fourth-order valence-corrected chi connectivity index (χ4v) is 3.71. The van der Waals surface area contributed by atoms with E-state index < -0.39 is 0 Å². The Labute approximate surface area is 138 Å². The van der Waals surface area contributed by atoms with Gasteiger partial charge in [-0.05, 0) is 31.0 Å². The van der Waals surface area contributed by atoms with E-state index in [-0.39, 0.29) is 11.7 Å². The predicted molar refractivity (Wildman–Crippen MR) is 91.3 cm³/mol. The quantitative estimate of drug-likeness (QED) is 0.723. The first-order valence-corrected chi connectivity index (χ1v) is 8.06. The van der Waals surface area contributed by atoms with Gasteiger partial charge < -0.3 is 15.0 Å². The lowest BCUT2D eigenvalue weighted by atomic mass is 9.98. The summed E-state index contributed by atoms with van der Waals surface area (Å²) in [7, 11) is 0. The fraction of sp³-hybridized carbons (Fsp3) is 0.158. The first kappa shape index (κ1) is 13.4. The van der Waals surface area contributed by atoms with Gasteiger partial charge >= 0.3 is 0 Å². The van der Waals surface area contributed by atoms with Crippen LogP contribution < -0.4 is 0 Å². The minimum atomic E-state index is 0.0755. The van der Waals surface area contributed by atoms with E-state index in [4.69, 9.17) is 0 Å². The Bertz CT molecular complexity index is 1030. The van der Waals surface area contributed by atoms with Crippen LogP contribution in [0.5, 0.6) is 5.75 Å². The number of aromatic hydroxyl groups is 1. The maximum atomic E-state index is 12.7. The van der Waals surface area contributed by atoms with Crippen LogP contribution >= 0.6 is 0 Å². The summed E-state index contributed by atoms with van der Waals surface area (Å²) in [6.07, 6.45) is 1.79. The Hall–Kier alpha value is -3.08. The highest BCUT2D eigenvalue weighted by Crippen LogP contribution is 2.42. The van der Waals surface area contributed by atoms with Crippen LogP contribution in [0.4, 0.5) is 0 Å². The lowest BCUT2D eigenvalue weighted by Gasteiger charge is -2.26. The van der Waals surface area contributed by atoms with E-state index in [9.17, 15) is 9.90 Å². The highest BCUT2D eigenvalue weighted by molar-refractivity contribution is 6.14. The molecule has 0 atom stereocenters. The molecule has 5 nitrogen and oxygen atoms in total. The molecule has 0 saturated carbocycles. The highest BCUT2D eigenvalue weighted by Gasteiger charge is 2.36. The molecule has 2 aliphatic heterocycles. The van der Waals surface area contributed by atoms with Crippen molar-refractivity contribution in [2.24, 2.45) is 0 Å². The monoisotopic (exact) mass is 317 g/mol. The number of aromatic nitrogens is 2. The molecule has 0 saturated heterocycles. The van der Waals surface area contributed by atoms with E-state index in [1.807, 2.05) is 29.2 Å². The average molecular weight is 317 g/mol. The van der Waals surface area contributed by atoms with Crippen LogP contribution in [0.2, 0.25) is 0 Å². The van der Waals surface area contributed by atoms with Crippen LogP contribution in [0, 0.1) is 0 Å². The number of carbonyl (C=O) groups excluding carboxylic acids is 1. The third-order valence-electron chi connectivity index (χ3n) is 4.77. The number of carbonyl (C=O) groups is 1. The van der Waals surface area contributed by atoms with E-state index in [1.54, 1.807) is 18.2 Å². The summed E-state index contributed by atoms with van der Waals surface area (Å²) in [6, 6.07) is 12.9. The molecule has 0 unspecified atom stereocenters. The van der Waals surface area contributed by atoms with Gasteiger partial charge in [0.15, 0.2) is 0 Å². The number of hydrogen-bond donors (Lipinski definition) is 2. The minimum Gasteiger partial charge on any atom is -0.508 e. The third-order valence-corrected chi connectivity index (χ3v) is 4.77. The number of allylic oxidation sites excluding steroid dienone is 1. The number of phenols is 1. The number of phenolic OH excluding ortho intramolecular Hbond substituents is 1. The van der Waals surface area contributed by atoms with E-state index >= 15 is 0 Å². The van der Waals surface area contributed by atoms with E-state index in [0.717, 1.165) is 58.6 Å². The third kappa shape index (κ3) is 1.75. The fourth-order valence-electron chi connectivity index (χ4n) is 3.71. The Morgan fingerprint density at radius 2 is 1.96 bits per heavy atom. The van der Waals surface area contributed by atoms with Crippen molar-refractivity contribution in [2.75, 3.05) is 6.54 Å². The van der Waals surface area contributed by atoms with E-state index in [1.165, 1.54) is 0 Å². The molecule has 0 fully saturated rings. The molecule has 1 aromatic heterocycles. The van der Waals surface area contributed by atoms with Crippen LogP contribution in [0.25, 0.3) is 22.3 Å². The zero-order valence-electron chi connectivity index (χ0n) is 12.9. The molecular formula is C19H15N3O2. The number of fused-ring (bicyclic) bond motifs is 4. The number of H-pyrrole nitrogens is 1. The largest absolute Gasteiger partial charge is 0.508 e.